The fourth-order valence-corrected chi connectivity index (χ4v) is 2.88. The Balaban J connectivity index is 2.82. The summed E-state index contributed by atoms with van der Waals surface area (Å²) < 4.78 is 23.1. The first kappa shape index (κ1) is 15.8. The lowest BCUT2D eigenvalue weighted by atomic mass is 10.2. The Morgan fingerprint density at radius 3 is 1.95 bits per heavy atom. The molecule has 1 amide bonds. The van der Waals surface area contributed by atoms with Crippen LogP contribution in [0.4, 0.5) is 17.1 Å². The maximum Gasteiger partial charge on any atom is 0.301 e. The molecule has 0 radical (unpaired) electrons. The van der Waals surface area contributed by atoms with E-state index in [1.807, 2.05) is 0 Å². The van der Waals surface area contributed by atoms with Crippen LogP contribution in [0.5, 0.6) is 0 Å². The van der Waals surface area contributed by atoms with E-state index in [4.69, 9.17) is 0 Å². The van der Waals surface area contributed by atoms with Crippen LogP contribution in [-0.2, 0) is 14.6 Å². The van der Waals surface area contributed by atoms with Gasteiger partial charge >= 0.3 is 11.4 Å². The number of hydrogen-bond donors (Lipinski definition) is 0. The van der Waals surface area contributed by atoms with Gasteiger partial charge in [-0.25, -0.2) is 8.42 Å². The average molecular weight is 329 g/mol. The van der Waals surface area contributed by atoms with Crippen LogP contribution in [-0.4, -0.2) is 37.0 Å². The van der Waals surface area contributed by atoms with E-state index in [0.29, 0.717) is 6.42 Å². The van der Waals surface area contributed by atoms with Crippen molar-refractivity contribution in [1.29, 1.82) is 0 Å². The number of nitrogens with zero attached hydrogens (tertiary/aromatic N) is 3. The van der Waals surface area contributed by atoms with E-state index in [1.54, 1.807) is 0 Å². The van der Waals surface area contributed by atoms with Gasteiger partial charge in [0, 0.05) is 31.4 Å². The maximum absolute atomic E-state index is 11.8. The van der Waals surface area contributed by atoms with Gasteiger partial charge in [0.05, 0.1) is 14.7 Å². The summed E-state index contributed by atoms with van der Waals surface area (Å²) in [5.74, 6) is -0.474. The molecule has 1 heterocycles. The lowest BCUT2D eigenvalue weighted by Gasteiger charge is -2.16. The third kappa shape index (κ3) is 2.74. The number of sulfone groups is 1. The Morgan fingerprint density at radius 1 is 1.14 bits per heavy atom. The van der Waals surface area contributed by atoms with Crippen LogP contribution in [0.25, 0.3) is 0 Å². The van der Waals surface area contributed by atoms with E-state index < -0.39 is 47.5 Å². The third-order valence-corrected chi connectivity index (χ3v) is 4.30. The lowest BCUT2D eigenvalue weighted by molar-refractivity contribution is -0.392. The van der Waals surface area contributed by atoms with Gasteiger partial charge in [0.15, 0.2) is 9.84 Å². The molecule has 10 nitrogen and oxygen atoms in total. The number of benzene rings is 1. The standard InChI is InChI=1S/C11H11N3O7S/c1-22(20,21)7-5-8(13(16)17)11(9(6-7)14(18)19)12-4-2-3-10(12)15/h5-6H,2-4H2,1H3. The van der Waals surface area contributed by atoms with Gasteiger partial charge in [0.1, 0.15) is 0 Å². The maximum atomic E-state index is 11.8. The summed E-state index contributed by atoms with van der Waals surface area (Å²) in [5, 5.41) is 22.4. The van der Waals surface area contributed by atoms with Crippen molar-refractivity contribution in [3.8, 4) is 0 Å². The quantitative estimate of drug-likeness (QED) is 0.593. The molecule has 1 aromatic carbocycles. The summed E-state index contributed by atoms with van der Waals surface area (Å²) in [4.78, 5) is 32.7. The topological polar surface area (TPSA) is 141 Å². The molecule has 0 aromatic heterocycles. The number of anilines is 1. The van der Waals surface area contributed by atoms with Gasteiger partial charge in [-0.2, -0.15) is 0 Å². The van der Waals surface area contributed by atoms with Crippen LogP contribution < -0.4 is 4.90 Å². The number of rotatable bonds is 4. The van der Waals surface area contributed by atoms with E-state index >= 15 is 0 Å². The van der Waals surface area contributed by atoms with Gasteiger partial charge in [0.25, 0.3) is 0 Å². The minimum atomic E-state index is -3.88. The summed E-state index contributed by atoms with van der Waals surface area (Å²) >= 11 is 0. The zero-order chi connectivity index (χ0) is 16.7. The van der Waals surface area contributed by atoms with Gasteiger partial charge in [-0.05, 0) is 6.42 Å². The van der Waals surface area contributed by atoms with Crippen LogP contribution >= 0.6 is 0 Å². The molecule has 0 spiro atoms. The molecule has 118 valence electrons. The van der Waals surface area contributed by atoms with E-state index in [1.165, 1.54) is 0 Å². The Hall–Kier alpha value is -2.56. The predicted octanol–water partition coefficient (Wildman–Crippen LogP) is 1.03. The first-order chi connectivity index (χ1) is 10.1. The number of hydrogen-bond acceptors (Lipinski definition) is 7. The number of carbonyl (C=O) groups excluding carboxylic acids is 1. The fourth-order valence-electron chi connectivity index (χ4n) is 2.23. The molecular formula is C11H11N3O7S. The first-order valence-corrected chi connectivity index (χ1v) is 7.99. The largest absolute Gasteiger partial charge is 0.301 e. The normalized spacial score (nSPS) is 15.1. The average Bonchev–Trinajstić information content (AvgIpc) is 2.81. The van der Waals surface area contributed by atoms with Gasteiger partial charge in [0.2, 0.25) is 11.6 Å². The van der Waals surface area contributed by atoms with Gasteiger partial charge in [-0.3, -0.25) is 25.0 Å². The summed E-state index contributed by atoms with van der Waals surface area (Å²) in [5.41, 5.74) is -2.01. The van der Waals surface area contributed by atoms with Crippen molar-refractivity contribution in [3.63, 3.8) is 0 Å². The lowest BCUT2D eigenvalue weighted by Crippen LogP contribution is -2.25. The highest BCUT2D eigenvalue weighted by atomic mass is 32.2. The molecule has 0 unspecified atom stereocenters. The molecule has 0 saturated carbocycles. The van der Waals surface area contributed by atoms with Crippen molar-refractivity contribution in [2.75, 3.05) is 17.7 Å². The van der Waals surface area contributed by atoms with E-state index in [0.717, 1.165) is 23.3 Å². The van der Waals surface area contributed by atoms with Crippen molar-refractivity contribution >= 4 is 32.8 Å². The van der Waals surface area contributed by atoms with Crippen molar-refractivity contribution in [3.05, 3.63) is 32.4 Å². The fraction of sp³-hybridized carbons (Fsp3) is 0.364. The number of nitro groups is 2. The molecule has 11 heteroatoms. The molecule has 0 atom stereocenters. The number of amides is 1. The summed E-state index contributed by atoms with van der Waals surface area (Å²) in [6, 6.07) is 1.48. The van der Waals surface area contributed by atoms with Crippen molar-refractivity contribution < 1.29 is 23.1 Å². The molecule has 2 rings (SSSR count). The van der Waals surface area contributed by atoms with Crippen LogP contribution in [0.2, 0.25) is 0 Å². The van der Waals surface area contributed by atoms with Gasteiger partial charge in [-0.1, -0.05) is 0 Å². The van der Waals surface area contributed by atoms with Crippen molar-refractivity contribution in [2.45, 2.75) is 17.7 Å². The van der Waals surface area contributed by atoms with Crippen molar-refractivity contribution in [2.24, 2.45) is 0 Å². The Morgan fingerprint density at radius 2 is 1.64 bits per heavy atom. The zero-order valence-electron chi connectivity index (χ0n) is 11.4. The van der Waals surface area contributed by atoms with Crippen LogP contribution in [0.3, 0.4) is 0 Å². The third-order valence-electron chi connectivity index (χ3n) is 3.21. The monoisotopic (exact) mass is 329 g/mol. The highest BCUT2D eigenvalue weighted by molar-refractivity contribution is 7.90. The zero-order valence-corrected chi connectivity index (χ0v) is 12.2. The smallest absolute Gasteiger partial charge is 0.301 e. The molecule has 0 bridgehead atoms. The second-order valence-electron chi connectivity index (χ2n) is 4.75. The summed E-state index contributed by atoms with van der Waals surface area (Å²) in [7, 11) is -3.88. The molecule has 1 aromatic rings. The Labute approximate surface area is 124 Å². The second-order valence-corrected chi connectivity index (χ2v) is 6.76. The summed E-state index contributed by atoms with van der Waals surface area (Å²) in [6.45, 7) is 0.110. The summed E-state index contributed by atoms with van der Waals surface area (Å²) in [6.07, 6.45) is 1.33. The van der Waals surface area contributed by atoms with Crippen LogP contribution in [0.1, 0.15) is 12.8 Å². The van der Waals surface area contributed by atoms with Crippen LogP contribution in [0.15, 0.2) is 17.0 Å². The molecule has 1 aliphatic heterocycles. The Kier molecular flexibility index (Phi) is 3.83. The highest BCUT2D eigenvalue weighted by Crippen LogP contribution is 2.41. The number of nitro benzene ring substituents is 2. The Bertz CT molecular complexity index is 752. The first-order valence-electron chi connectivity index (χ1n) is 6.10. The van der Waals surface area contributed by atoms with E-state index in [-0.39, 0.29) is 13.0 Å². The molecule has 0 N–H and O–H groups in total. The molecule has 1 fully saturated rings. The second kappa shape index (κ2) is 5.33. The van der Waals surface area contributed by atoms with Gasteiger partial charge < -0.3 is 4.90 Å². The van der Waals surface area contributed by atoms with E-state index in [9.17, 15) is 33.4 Å². The molecule has 22 heavy (non-hydrogen) atoms. The predicted molar refractivity (Wildman–Crippen MR) is 74.4 cm³/mol. The molecule has 0 aliphatic carbocycles. The van der Waals surface area contributed by atoms with Crippen molar-refractivity contribution in [1.82, 2.24) is 0 Å². The van der Waals surface area contributed by atoms with Gasteiger partial charge in [-0.15, -0.1) is 0 Å². The molecule has 1 saturated heterocycles. The van der Waals surface area contributed by atoms with Crippen LogP contribution in [0, 0.1) is 20.2 Å². The minimum absolute atomic E-state index is 0.110. The highest BCUT2D eigenvalue weighted by Gasteiger charge is 2.37. The minimum Gasteiger partial charge on any atom is -0.301 e. The number of carbonyl (C=O) groups is 1. The van der Waals surface area contributed by atoms with E-state index in [2.05, 4.69) is 0 Å². The molecular weight excluding hydrogens is 318 g/mol. The molecule has 1 aliphatic rings. The SMILES string of the molecule is CS(=O)(=O)c1cc([N+](=O)[O-])c(N2CCCC2=O)c([N+](=O)[O-])c1.